The number of hydrogen-bond acceptors (Lipinski definition) is 1. The van der Waals surface area contributed by atoms with Gasteiger partial charge in [0, 0.05) is 10.5 Å². The fraction of sp³-hybridized carbons (Fsp3) is 0.111. The van der Waals surface area contributed by atoms with Gasteiger partial charge in [0.2, 0.25) is 0 Å². The SMILES string of the molecule is Cc1ccc(-c2ccc(S)c(-c3ccc(C)cc3)c2-c2ccc(C)cc2)cc1. The average Bonchev–Trinajstić information content (AvgIpc) is 2.70. The highest BCUT2D eigenvalue weighted by Gasteiger charge is 2.17. The van der Waals surface area contributed by atoms with Crippen molar-refractivity contribution >= 4 is 12.6 Å². The molecular weight excluding hydrogens is 356 g/mol. The second-order valence-corrected chi connectivity index (χ2v) is 7.96. The molecule has 0 fully saturated rings. The molecule has 0 aliphatic carbocycles. The van der Waals surface area contributed by atoms with Gasteiger partial charge < -0.3 is 0 Å². The number of hydrogen-bond donors (Lipinski definition) is 1. The maximum Gasteiger partial charge on any atom is 0.0125 e. The zero-order valence-corrected chi connectivity index (χ0v) is 17.4. The summed E-state index contributed by atoms with van der Waals surface area (Å²) in [5.74, 6) is 0. The Morgan fingerprint density at radius 1 is 0.429 bits per heavy atom. The van der Waals surface area contributed by atoms with Crippen molar-refractivity contribution in [3.05, 3.63) is 102 Å². The number of benzene rings is 4. The minimum Gasteiger partial charge on any atom is -0.143 e. The molecule has 0 amide bonds. The van der Waals surface area contributed by atoms with Crippen molar-refractivity contribution in [3.63, 3.8) is 0 Å². The first-order valence-electron chi connectivity index (χ1n) is 9.60. The number of thiol groups is 1. The van der Waals surface area contributed by atoms with Gasteiger partial charge in [0.25, 0.3) is 0 Å². The second-order valence-electron chi connectivity index (χ2n) is 7.48. The van der Waals surface area contributed by atoms with Crippen LogP contribution in [0.3, 0.4) is 0 Å². The van der Waals surface area contributed by atoms with Gasteiger partial charge in [-0.3, -0.25) is 0 Å². The largest absolute Gasteiger partial charge is 0.143 e. The van der Waals surface area contributed by atoms with Crippen LogP contribution in [0.4, 0.5) is 0 Å². The Labute approximate surface area is 173 Å². The molecule has 0 spiro atoms. The van der Waals surface area contributed by atoms with Crippen molar-refractivity contribution in [1.29, 1.82) is 0 Å². The smallest absolute Gasteiger partial charge is 0.0125 e. The third-order valence-corrected chi connectivity index (χ3v) is 5.60. The summed E-state index contributed by atoms with van der Waals surface area (Å²) < 4.78 is 0. The summed E-state index contributed by atoms with van der Waals surface area (Å²) in [5.41, 5.74) is 11.1. The van der Waals surface area contributed by atoms with Crippen LogP contribution < -0.4 is 0 Å². The summed E-state index contributed by atoms with van der Waals surface area (Å²) in [7, 11) is 0. The molecule has 4 aromatic rings. The van der Waals surface area contributed by atoms with E-state index in [1.807, 2.05) is 0 Å². The highest BCUT2D eigenvalue weighted by atomic mass is 32.1. The molecule has 4 rings (SSSR count). The van der Waals surface area contributed by atoms with Crippen LogP contribution in [0.2, 0.25) is 0 Å². The Balaban J connectivity index is 2.04. The highest BCUT2D eigenvalue weighted by Crippen LogP contribution is 2.43. The molecule has 28 heavy (non-hydrogen) atoms. The van der Waals surface area contributed by atoms with Crippen LogP contribution >= 0.6 is 12.6 Å². The maximum absolute atomic E-state index is 4.85. The average molecular weight is 381 g/mol. The molecule has 0 N–H and O–H groups in total. The fourth-order valence-electron chi connectivity index (χ4n) is 3.60. The third kappa shape index (κ3) is 3.63. The summed E-state index contributed by atoms with van der Waals surface area (Å²) in [4.78, 5) is 0.996. The quantitative estimate of drug-likeness (QED) is 0.343. The summed E-state index contributed by atoms with van der Waals surface area (Å²) in [5, 5.41) is 0. The summed E-state index contributed by atoms with van der Waals surface area (Å²) in [6.07, 6.45) is 0. The Hall–Kier alpha value is -2.77. The minimum absolute atomic E-state index is 0.996. The molecule has 4 aromatic carbocycles. The van der Waals surface area contributed by atoms with Gasteiger partial charge in [-0.1, -0.05) is 95.6 Å². The third-order valence-electron chi connectivity index (χ3n) is 5.23. The monoisotopic (exact) mass is 380 g/mol. The van der Waals surface area contributed by atoms with Gasteiger partial charge in [0.05, 0.1) is 0 Å². The second kappa shape index (κ2) is 7.69. The molecule has 0 heterocycles. The van der Waals surface area contributed by atoms with Crippen molar-refractivity contribution in [2.75, 3.05) is 0 Å². The van der Waals surface area contributed by atoms with Crippen LogP contribution in [0, 0.1) is 20.8 Å². The van der Waals surface area contributed by atoms with Crippen molar-refractivity contribution in [1.82, 2.24) is 0 Å². The summed E-state index contributed by atoms with van der Waals surface area (Å²) >= 11 is 4.85. The first kappa shape index (κ1) is 18.6. The lowest BCUT2D eigenvalue weighted by Gasteiger charge is -2.19. The fourth-order valence-corrected chi connectivity index (χ4v) is 3.91. The standard InChI is InChI=1S/C27H24S/c1-18-4-10-21(11-5-18)24-16-17-25(28)27(23-14-8-20(3)9-15-23)26(24)22-12-6-19(2)7-13-22/h4-17,28H,1-3H3. The van der Waals surface area contributed by atoms with E-state index in [0.29, 0.717) is 0 Å². The first-order chi connectivity index (χ1) is 13.5. The van der Waals surface area contributed by atoms with Gasteiger partial charge in [0.1, 0.15) is 0 Å². The molecular formula is C27H24S. The Bertz CT molecular complexity index is 1100. The van der Waals surface area contributed by atoms with E-state index in [4.69, 9.17) is 12.6 Å². The van der Waals surface area contributed by atoms with Crippen molar-refractivity contribution in [3.8, 4) is 33.4 Å². The molecule has 1 heteroatoms. The Morgan fingerprint density at radius 2 is 0.821 bits per heavy atom. The molecule has 0 aliphatic rings. The van der Waals surface area contributed by atoms with Gasteiger partial charge in [-0.05, 0) is 54.7 Å². The van der Waals surface area contributed by atoms with E-state index in [2.05, 4.69) is 106 Å². The van der Waals surface area contributed by atoms with Gasteiger partial charge in [-0.2, -0.15) is 0 Å². The van der Waals surface area contributed by atoms with Crippen molar-refractivity contribution < 1.29 is 0 Å². The van der Waals surface area contributed by atoms with E-state index in [0.717, 1.165) is 4.90 Å². The van der Waals surface area contributed by atoms with Gasteiger partial charge in [-0.25, -0.2) is 0 Å². The molecule has 138 valence electrons. The number of aryl methyl sites for hydroxylation is 3. The molecule has 0 bridgehead atoms. The van der Waals surface area contributed by atoms with Gasteiger partial charge >= 0.3 is 0 Å². The van der Waals surface area contributed by atoms with Crippen molar-refractivity contribution in [2.24, 2.45) is 0 Å². The highest BCUT2D eigenvalue weighted by molar-refractivity contribution is 7.80. The zero-order valence-electron chi connectivity index (χ0n) is 16.5. The molecule has 0 aromatic heterocycles. The van der Waals surface area contributed by atoms with Crippen LogP contribution in [0.15, 0.2) is 89.8 Å². The van der Waals surface area contributed by atoms with Crippen molar-refractivity contribution in [2.45, 2.75) is 25.7 Å². The number of rotatable bonds is 3. The summed E-state index contributed by atoms with van der Waals surface area (Å²) in [6, 6.07) is 30.6. The van der Waals surface area contributed by atoms with E-state index in [1.54, 1.807) is 0 Å². The topological polar surface area (TPSA) is 0 Å². The molecule has 0 saturated heterocycles. The predicted octanol–water partition coefficient (Wildman–Crippen LogP) is 7.90. The Morgan fingerprint density at radius 3 is 1.29 bits per heavy atom. The van der Waals surface area contributed by atoms with Gasteiger partial charge in [0.15, 0.2) is 0 Å². The van der Waals surface area contributed by atoms with Gasteiger partial charge in [-0.15, -0.1) is 12.6 Å². The summed E-state index contributed by atoms with van der Waals surface area (Å²) in [6.45, 7) is 6.37. The predicted molar refractivity (Wildman–Crippen MR) is 124 cm³/mol. The molecule has 0 saturated carbocycles. The van der Waals surface area contributed by atoms with E-state index < -0.39 is 0 Å². The molecule has 0 nitrogen and oxygen atoms in total. The van der Waals surface area contributed by atoms with Crippen LogP contribution in [-0.2, 0) is 0 Å². The molecule has 0 aliphatic heterocycles. The lowest BCUT2D eigenvalue weighted by molar-refractivity contribution is 1.40. The minimum atomic E-state index is 0.996. The lowest BCUT2D eigenvalue weighted by Crippen LogP contribution is -1.93. The van der Waals surface area contributed by atoms with E-state index in [-0.39, 0.29) is 0 Å². The zero-order chi connectivity index (χ0) is 19.7. The van der Waals surface area contributed by atoms with E-state index in [1.165, 1.54) is 50.1 Å². The lowest BCUT2D eigenvalue weighted by atomic mass is 9.87. The first-order valence-corrected chi connectivity index (χ1v) is 10.0. The van der Waals surface area contributed by atoms with E-state index in [9.17, 15) is 0 Å². The van der Waals surface area contributed by atoms with Crippen LogP contribution in [-0.4, -0.2) is 0 Å². The van der Waals surface area contributed by atoms with E-state index >= 15 is 0 Å². The van der Waals surface area contributed by atoms with Crippen LogP contribution in [0.5, 0.6) is 0 Å². The molecule has 0 unspecified atom stereocenters. The Kier molecular flexibility index (Phi) is 5.11. The van der Waals surface area contributed by atoms with Crippen LogP contribution in [0.25, 0.3) is 33.4 Å². The van der Waals surface area contributed by atoms with Crippen LogP contribution in [0.1, 0.15) is 16.7 Å². The maximum atomic E-state index is 4.85. The molecule has 0 atom stereocenters. The molecule has 0 radical (unpaired) electrons. The normalized spacial score (nSPS) is 10.9.